The fourth-order valence-corrected chi connectivity index (χ4v) is 3.12. The lowest BCUT2D eigenvalue weighted by Gasteiger charge is -2.19. The number of pyridine rings is 1. The van der Waals surface area contributed by atoms with Crippen LogP contribution in [0.3, 0.4) is 0 Å². The lowest BCUT2D eigenvalue weighted by molar-refractivity contribution is 0.583. The van der Waals surface area contributed by atoms with Crippen molar-refractivity contribution in [1.29, 1.82) is 10.5 Å². The van der Waals surface area contributed by atoms with Gasteiger partial charge in [0, 0.05) is 24.0 Å². The highest BCUT2D eigenvalue weighted by atomic mass is 35.5. The van der Waals surface area contributed by atoms with E-state index in [1.807, 2.05) is 24.4 Å². The van der Waals surface area contributed by atoms with Crippen LogP contribution in [0.1, 0.15) is 36.1 Å². The molecule has 112 valence electrons. The molecule has 0 aliphatic heterocycles. The first kappa shape index (κ1) is 15.1. The van der Waals surface area contributed by atoms with Crippen LogP contribution in [0, 0.1) is 22.7 Å². The average molecular weight is 321 g/mol. The molecule has 4 nitrogen and oxygen atoms in total. The van der Waals surface area contributed by atoms with Gasteiger partial charge in [-0.25, -0.2) is 0 Å². The molecule has 1 atom stereocenters. The molecule has 0 saturated carbocycles. The molecule has 0 aliphatic rings. The van der Waals surface area contributed by atoms with E-state index in [4.69, 9.17) is 22.1 Å². The molecule has 1 aromatic carbocycles. The molecule has 0 spiro atoms. The Morgan fingerprint density at radius 3 is 2.74 bits per heavy atom. The van der Waals surface area contributed by atoms with E-state index in [-0.39, 0.29) is 6.04 Å². The molecule has 2 heterocycles. The normalized spacial score (nSPS) is 11.8. The van der Waals surface area contributed by atoms with Gasteiger partial charge in [0.25, 0.3) is 0 Å². The molecule has 0 aliphatic carbocycles. The second-order valence-corrected chi connectivity index (χ2v) is 5.62. The van der Waals surface area contributed by atoms with Gasteiger partial charge in [-0.3, -0.25) is 4.98 Å². The van der Waals surface area contributed by atoms with Crippen LogP contribution in [0.2, 0.25) is 5.02 Å². The molecule has 0 N–H and O–H groups in total. The fraction of sp³-hybridized carbons (Fsp3) is 0.167. The van der Waals surface area contributed by atoms with Crippen LogP contribution < -0.4 is 0 Å². The van der Waals surface area contributed by atoms with Gasteiger partial charge < -0.3 is 4.57 Å². The van der Waals surface area contributed by atoms with Crippen LogP contribution in [-0.4, -0.2) is 9.55 Å². The predicted molar refractivity (Wildman–Crippen MR) is 89.0 cm³/mol. The number of rotatable bonds is 3. The lowest BCUT2D eigenvalue weighted by Crippen LogP contribution is -2.09. The molecule has 23 heavy (non-hydrogen) atoms. The zero-order chi connectivity index (χ0) is 16.4. The minimum Gasteiger partial charge on any atom is -0.340 e. The Labute approximate surface area is 139 Å². The van der Waals surface area contributed by atoms with Gasteiger partial charge in [-0.15, -0.1) is 0 Å². The zero-order valence-corrected chi connectivity index (χ0v) is 13.2. The topological polar surface area (TPSA) is 65.4 Å². The first-order valence-electron chi connectivity index (χ1n) is 7.23. The summed E-state index contributed by atoms with van der Waals surface area (Å²) >= 11 is 6.31. The van der Waals surface area contributed by atoms with Gasteiger partial charge in [0.05, 0.1) is 27.7 Å². The molecule has 0 amide bonds. The third kappa shape index (κ3) is 2.54. The molecule has 0 fully saturated rings. The molecule has 2 aromatic heterocycles. The van der Waals surface area contributed by atoms with Crippen molar-refractivity contribution in [3.8, 4) is 12.1 Å². The number of nitrogens with zero attached hydrogens (tertiary/aromatic N) is 4. The monoisotopic (exact) mass is 320 g/mol. The summed E-state index contributed by atoms with van der Waals surface area (Å²) in [6.45, 7) is 2.08. The molecular formula is C18H13ClN4. The zero-order valence-electron chi connectivity index (χ0n) is 12.5. The van der Waals surface area contributed by atoms with Gasteiger partial charge in [-0.1, -0.05) is 18.5 Å². The minimum absolute atomic E-state index is 0.0531. The second kappa shape index (κ2) is 6.12. The van der Waals surface area contributed by atoms with E-state index < -0.39 is 0 Å². The minimum atomic E-state index is 0.0531. The van der Waals surface area contributed by atoms with Crippen LogP contribution in [0.5, 0.6) is 0 Å². The van der Waals surface area contributed by atoms with E-state index >= 15 is 0 Å². The molecule has 3 rings (SSSR count). The summed E-state index contributed by atoms with van der Waals surface area (Å²) in [4.78, 5) is 4.15. The first-order chi connectivity index (χ1) is 11.2. The molecule has 5 heteroatoms. The Balaban J connectivity index is 2.16. The SMILES string of the molecule is CCC(c1cncc(C#N)c1)n1ccc2c(Cl)c(C#N)ccc21. The Bertz CT molecular complexity index is 959. The van der Waals surface area contributed by atoms with Crippen LogP contribution >= 0.6 is 11.6 Å². The van der Waals surface area contributed by atoms with Crippen molar-refractivity contribution in [1.82, 2.24) is 9.55 Å². The second-order valence-electron chi connectivity index (χ2n) is 5.24. The van der Waals surface area contributed by atoms with Crippen LogP contribution in [0.4, 0.5) is 0 Å². The van der Waals surface area contributed by atoms with Crippen molar-refractivity contribution in [3.63, 3.8) is 0 Å². The van der Waals surface area contributed by atoms with E-state index in [9.17, 15) is 0 Å². The number of aromatic nitrogens is 2. The first-order valence-corrected chi connectivity index (χ1v) is 7.61. The smallest absolute Gasteiger partial charge is 0.101 e. The maximum atomic E-state index is 9.10. The van der Waals surface area contributed by atoms with E-state index in [1.165, 1.54) is 0 Å². The lowest BCUT2D eigenvalue weighted by atomic mass is 10.0. The van der Waals surface area contributed by atoms with Crippen molar-refractivity contribution in [2.45, 2.75) is 19.4 Å². The maximum absolute atomic E-state index is 9.10. The molecular weight excluding hydrogens is 308 g/mol. The van der Waals surface area contributed by atoms with Crippen molar-refractivity contribution in [3.05, 3.63) is 64.6 Å². The van der Waals surface area contributed by atoms with Crippen molar-refractivity contribution >= 4 is 22.5 Å². The highest BCUT2D eigenvalue weighted by Crippen LogP contribution is 2.32. The maximum Gasteiger partial charge on any atom is 0.101 e. The van der Waals surface area contributed by atoms with Gasteiger partial charge in [-0.05, 0) is 36.2 Å². The summed E-state index contributed by atoms with van der Waals surface area (Å²) in [5.74, 6) is 0. The number of hydrogen-bond acceptors (Lipinski definition) is 3. The Morgan fingerprint density at radius 2 is 2.04 bits per heavy atom. The fourth-order valence-electron chi connectivity index (χ4n) is 2.85. The third-order valence-corrected chi connectivity index (χ3v) is 4.36. The standard InChI is InChI=1S/C18H13ClN4/c1-2-16(14-7-12(8-20)10-22-11-14)23-6-5-15-17(23)4-3-13(9-21)18(15)19/h3-7,10-11,16H,2H2,1H3. The van der Waals surface area contributed by atoms with E-state index in [2.05, 4.69) is 28.6 Å². The largest absolute Gasteiger partial charge is 0.340 e. The molecule has 0 saturated heterocycles. The van der Waals surface area contributed by atoms with E-state index in [0.29, 0.717) is 16.1 Å². The van der Waals surface area contributed by atoms with Gasteiger partial charge in [0.1, 0.15) is 12.1 Å². The quantitative estimate of drug-likeness (QED) is 0.717. The van der Waals surface area contributed by atoms with Crippen LogP contribution in [0.25, 0.3) is 10.9 Å². The van der Waals surface area contributed by atoms with Crippen LogP contribution in [0.15, 0.2) is 42.9 Å². The summed E-state index contributed by atoms with van der Waals surface area (Å²) in [6.07, 6.45) is 6.15. The average Bonchev–Trinajstić information content (AvgIpc) is 3.01. The van der Waals surface area contributed by atoms with E-state index in [1.54, 1.807) is 18.5 Å². The Morgan fingerprint density at radius 1 is 1.22 bits per heavy atom. The highest BCUT2D eigenvalue weighted by molar-refractivity contribution is 6.36. The van der Waals surface area contributed by atoms with Gasteiger partial charge in [-0.2, -0.15) is 10.5 Å². The van der Waals surface area contributed by atoms with Gasteiger partial charge in [0.2, 0.25) is 0 Å². The Hall–Kier alpha value is -2.82. The summed E-state index contributed by atoms with van der Waals surface area (Å²) in [6, 6.07) is 11.7. The van der Waals surface area contributed by atoms with Crippen molar-refractivity contribution in [2.24, 2.45) is 0 Å². The summed E-state index contributed by atoms with van der Waals surface area (Å²) in [7, 11) is 0. The number of fused-ring (bicyclic) bond motifs is 1. The number of nitriles is 2. The van der Waals surface area contributed by atoms with Crippen molar-refractivity contribution in [2.75, 3.05) is 0 Å². The third-order valence-electron chi connectivity index (χ3n) is 3.95. The predicted octanol–water partition coefficient (Wildman–Crippen LogP) is 4.43. The number of halogens is 1. The molecule has 1 unspecified atom stereocenters. The summed E-state index contributed by atoms with van der Waals surface area (Å²) in [5, 5.41) is 19.5. The molecule has 0 bridgehead atoms. The Kier molecular flexibility index (Phi) is 4.02. The van der Waals surface area contributed by atoms with Gasteiger partial charge >= 0.3 is 0 Å². The number of benzene rings is 1. The van der Waals surface area contributed by atoms with Gasteiger partial charge in [0.15, 0.2) is 0 Å². The molecule has 3 aromatic rings. The summed E-state index contributed by atoms with van der Waals surface area (Å²) in [5.41, 5.74) is 2.95. The van der Waals surface area contributed by atoms with Crippen molar-refractivity contribution < 1.29 is 0 Å². The molecule has 0 radical (unpaired) electrons. The number of hydrogen-bond donors (Lipinski definition) is 0. The summed E-state index contributed by atoms with van der Waals surface area (Å²) < 4.78 is 2.11. The highest BCUT2D eigenvalue weighted by Gasteiger charge is 2.17. The van der Waals surface area contributed by atoms with E-state index in [0.717, 1.165) is 22.9 Å². The van der Waals surface area contributed by atoms with Crippen LogP contribution in [-0.2, 0) is 0 Å².